The van der Waals surface area contributed by atoms with E-state index in [2.05, 4.69) is 10.6 Å². The monoisotopic (exact) mass is 382 g/mol. The summed E-state index contributed by atoms with van der Waals surface area (Å²) in [5, 5.41) is 5.66. The molecule has 0 heterocycles. The maximum atomic E-state index is 13.1. The second-order valence-electron chi connectivity index (χ2n) is 6.15. The van der Waals surface area contributed by atoms with Crippen molar-refractivity contribution in [3.8, 4) is 5.75 Å². The van der Waals surface area contributed by atoms with Crippen molar-refractivity contribution in [3.63, 3.8) is 0 Å². The van der Waals surface area contributed by atoms with Crippen molar-refractivity contribution in [2.24, 2.45) is 0 Å². The molecule has 0 radical (unpaired) electrons. The Labute approximate surface area is 162 Å². The molecule has 0 spiro atoms. The Bertz CT molecular complexity index is 916. The maximum Gasteiger partial charge on any atom is 0.226 e. The Morgan fingerprint density at radius 1 is 0.857 bits per heavy atom. The van der Waals surface area contributed by atoms with E-state index in [-0.39, 0.29) is 12.3 Å². The highest BCUT2D eigenvalue weighted by molar-refractivity contribution is 5.91. The maximum absolute atomic E-state index is 13.1. The summed E-state index contributed by atoms with van der Waals surface area (Å²) >= 11 is 0. The molecule has 3 aromatic carbocycles. The minimum Gasteiger partial charge on any atom is -0.489 e. The molecule has 0 atom stereocenters. The SMILES string of the molecule is O=C(CCNc1ccc(F)c(F)c1)Nc1ccc(OCc2ccccc2)cc1. The Balaban J connectivity index is 1.41. The number of hydrogen-bond donors (Lipinski definition) is 2. The van der Waals surface area contributed by atoms with Crippen molar-refractivity contribution in [3.05, 3.63) is 90.0 Å². The lowest BCUT2D eigenvalue weighted by Crippen LogP contribution is -2.16. The van der Waals surface area contributed by atoms with Gasteiger partial charge >= 0.3 is 0 Å². The van der Waals surface area contributed by atoms with Gasteiger partial charge in [-0.15, -0.1) is 0 Å². The predicted molar refractivity (Wildman–Crippen MR) is 105 cm³/mol. The van der Waals surface area contributed by atoms with Gasteiger partial charge in [-0.3, -0.25) is 4.79 Å². The van der Waals surface area contributed by atoms with Crippen LogP contribution in [0.25, 0.3) is 0 Å². The lowest BCUT2D eigenvalue weighted by molar-refractivity contribution is -0.115. The number of carbonyl (C=O) groups excluding carboxylic acids is 1. The van der Waals surface area contributed by atoms with E-state index < -0.39 is 11.6 Å². The number of carbonyl (C=O) groups is 1. The Morgan fingerprint density at radius 3 is 2.29 bits per heavy atom. The minimum atomic E-state index is -0.927. The van der Waals surface area contributed by atoms with Gasteiger partial charge in [-0.05, 0) is 48.0 Å². The van der Waals surface area contributed by atoms with Crippen LogP contribution in [0.2, 0.25) is 0 Å². The van der Waals surface area contributed by atoms with Crippen molar-refractivity contribution in [2.75, 3.05) is 17.2 Å². The number of halogens is 2. The van der Waals surface area contributed by atoms with Crippen LogP contribution >= 0.6 is 0 Å². The molecule has 0 unspecified atom stereocenters. The second kappa shape index (κ2) is 9.50. The minimum absolute atomic E-state index is 0.186. The first kappa shape index (κ1) is 19.4. The van der Waals surface area contributed by atoms with Crippen molar-refractivity contribution in [1.29, 1.82) is 0 Å². The largest absolute Gasteiger partial charge is 0.489 e. The van der Waals surface area contributed by atoms with Crippen LogP contribution in [-0.2, 0) is 11.4 Å². The lowest BCUT2D eigenvalue weighted by atomic mass is 10.2. The molecule has 0 aromatic heterocycles. The molecular formula is C22H20F2N2O2. The van der Waals surface area contributed by atoms with Crippen LogP contribution in [0.15, 0.2) is 72.8 Å². The van der Waals surface area contributed by atoms with E-state index in [1.807, 2.05) is 30.3 Å². The number of amides is 1. The van der Waals surface area contributed by atoms with Crippen LogP contribution in [0.1, 0.15) is 12.0 Å². The summed E-state index contributed by atoms with van der Waals surface area (Å²) in [5.74, 6) is -1.31. The van der Waals surface area contributed by atoms with Gasteiger partial charge in [0.1, 0.15) is 12.4 Å². The fraction of sp³-hybridized carbons (Fsp3) is 0.136. The molecule has 0 aliphatic heterocycles. The van der Waals surface area contributed by atoms with Gasteiger partial charge in [0.05, 0.1) is 0 Å². The highest BCUT2D eigenvalue weighted by Gasteiger charge is 2.05. The third-order valence-electron chi connectivity index (χ3n) is 3.99. The van der Waals surface area contributed by atoms with Crippen LogP contribution in [0, 0.1) is 11.6 Å². The van der Waals surface area contributed by atoms with Crippen molar-refractivity contribution >= 4 is 17.3 Å². The fourth-order valence-corrected chi connectivity index (χ4v) is 2.53. The molecule has 0 aliphatic carbocycles. The number of hydrogen-bond acceptors (Lipinski definition) is 3. The number of ether oxygens (including phenoxy) is 1. The van der Waals surface area contributed by atoms with Gasteiger partial charge in [-0.2, -0.15) is 0 Å². The highest BCUT2D eigenvalue weighted by atomic mass is 19.2. The van der Waals surface area contributed by atoms with Gasteiger partial charge in [0.25, 0.3) is 0 Å². The van der Waals surface area contributed by atoms with Gasteiger partial charge in [0.15, 0.2) is 11.6 Å². The third kappa shape index (κ3) is 5.81. The van der Waals surface area contributed by atoms with Gasteiger partial charge in [-0.1, -0.05) is 30.3 Å². The van der Waals surface area contributed by atoms with Gasteiger partial charge in [0, 0.05) is 24.3 Å². The summed E-state index contributed by atoms with van der Waals surface area (Å²) in [6.07, 6.45) is 0.186. The lowest BCUT2D eigenvalue weighted by Gasteiger charge is -2.09. The van der Waals surface area contributed by atoms with Crippen molar-refractivity contribution in [1.82, 2.24) is 0 Å². The van der Waals surface area contributed by atoms with E-state index in [0.29, 0.717) is 30.3 Å². The zero-order valence-corrected chi connectivity index (χ0v) is 15.1. The molecule has 3 aromatic rings. The Morgan fingerprint density at radius 2 is 1.57 bits per heavy atom. The number of benzene rings is 3. The first-order chi connectivity index (χ1) is 13.6. The summed E-state index contributed by atoms with van der Waals surface area (Å²) in [7, 11) is 0. The number of rotatable bonds is 8. The van der Waals surface area contributed by atoms with Crippen LogP contribution in [0.5, 0.6) is 5.75 Å². The molecule has 3 rings (SSSR count). The number of nitrogens with one attached hydrogen (secondary N) is 2. The van der Waals surface area contributed by atoms with E-state index in [0.717, 1.165) is 17.7 Å². The molecule has 4 nitrogen and oxygen atoms in total. The zero-order valence-electron chi connectivity index (χ0n) is 15.1. The highest BCUT2D eigenvalue weighted by Crippen LogP contribution is 2.17. The predicted octanol–water partition coefficient (Wildman–Crippen LogP) is 4.98. The van der Waals surface area contributed by atoms with Crippen LogP contribution in [0.4, 0.5) is 20.2 Å². The molecule has 0 saturated carbocycles. The molecule has 28 heavy (non-hydrogen) atoms. The molecule has 6 heteroatoms. The summed E-state index contributed by atoms with van der Waals surface area (Å²) in [5.41, 5.74) is 2.16. The molecular weight excluding hydrogens is 362 g/mol. The van der Waals surface area contributed by atoms with Crippen LogP contribution in [-0.4, -0.2) is 12.5 Å². The first-order valence-corrected chi connectivity index (χ1v) is 8.86. The molecule has 0 fully saturated rings. The average molecular weight is 382 g/mol. The summed E-state index contributed by atoms with van der Waals surface area (Å²) < 4.78 is 31.7. The van der Waals surface area contributed by atoms with Gasteiger partial charge < -0.3 is 15.4 Å². The molecule has 1 amide bonds. The van der Waals surface area contributed by atoms with E-state index in [1.165, 1.54) is 6.07 Å². The Kier molecular flexibility index (Phi) is 6.57. The van der Waals surface area contributed by atoms with Crippen LogP contribution < -0.4 is 15.4 Å². The first-order valence-electron chi connectivity index (χ1n) is 8.86. The van der Waals surface area contributed by atoms with E-state index in [1.54, 1.807) is 24.3 Å². The third-order valence-corrected chi connectivity index (χ3v) is 3.99. The summed E-state index contributed by atoms with van der Waals surface area (Å²) in [6, 6.07) is 20.5. The number of anilines is 2. The zero-order chi connectivity index (χ0) is 19.8. The Hall–Kier alpha value is -3.41. The molecule has 0 aliphatic rings. The molecule has 0 saturated heterocycles. The quantitative estimate of drug-likeness (QED) is 0.577. The van der Waals surface area contributed by atoms with Gasteiger partial charge in [-0.25, -0.2) is 8.78 Å². The van der Waals surface area contributed by atoms with Crippen molar-refractivity contribution < 1.29 is 18.3 Å². The summed E-state index contributed by atoms with van der Waals surface area (Å²) in [4.78, 5) is 12.0. The molecule has 0 bridgehead atoms. The van der Waals surface area contributed by atoms with E-state index in [4.69, 9.17) is 4.74 Å². The molecule has 2 N–H and O–H groups in total. The summed E-state index contributed by atoms with van der Waals surface area (Å²) in [6.45, 7) is 0.775. The topological polar surface area (TPSA) is 50.4 Å². The molecule has 144 valence electrons. The van der Waals surface area contributed by atoms with Gasteiger partial charge in [0.2, 0.25) is 5.91 Å². The van der Waals surface area contributed by atoms with Crippen molar-refractivity contribution in [2.45, 2.75) is 13.0 Å². The second-order valence-corrected chi connectivity index (χ2v) is 6.15. The average Bonchev–Trinajstić information content (AvgIpc) is 2.71. The normalized spacial score (nSPS) is 10.4. The van der Waals surface area contributed by atoms with E-state index in [9.17, 15) is 13.6 Å². The van der Waals surface area contributed by atoms with E-state index >= 15 is 0 Å². The standard InChI is InChI=1S/C22H20F2N2O2/c23-20-11-8-18(14-21(20)24)25-13-12-22(27)26-17-6-9-19(10-7-17)28-15-16-4-2-1-3-5-16/h1-11,14,25H,12-13,15H2,(H,26,27). The van der Waals surface area contributed by atoms with Crippen LogP contribution in [0.3, 0.4) is 0 Å². The fourth-order valence-electron chi connectivity index (χ4n) is 2.53. The smallest absolute Gasteiger partial charge is 0.226 e.